The third-order valence-electron chi connectivity index (χ3n) is 4.70. The zero-order valence-electron chi connectivity index (χ0n) is 16.2. The molecule has 152 valence electrons. The highest BCUT2D eigenvalue weighted by Crippen LogP contribution is 2.36. The Hall–Kier alpha value is -3.59. The number of furan rings is 1. The quantitative estimate of drug-likeness (QED) is 0.362. The van der Waals surface area contributed by atoms with Gasteiger partial charge in [-0.3, -0.25) is 9.59 Å². The molecule has 1 heterocycles. The summed E-state index contributed by atoms with van der Waals surface area (Å²) in [6.45, 7) is 1.35. The van der Waals surface area contributed by atoms with Gasteiger partial charge >= 0.3 is 0 Å². The molecule has 1 N–H and O–H groups in total. The Morgan fingerprint density at radius 1 is 1.00 bits per heavy atom. The molecule has 0 aliphatic carbocycles. The molecular formula is C24H14Cl2N2O3. The first kappa shape index (κ1) is 20.7. The SMILES string of the molecule is CC(=O)Nc1c(C(=O)c2ccc(Cl)cc2Cl)oc2cc(-c3cccc(C#N)c3)ccc12. The molecule has 0 aliphatic heterocycles. The molecule has 0 spiro atoms. The monoisotopic (exact) mass is 448 g/mol. The highest BCUT2D eigenvalue weighted by molar-refractivity contribution is 6.37. The summed E-state index contributed by atoms with van der Waals surface area (Å²) in [5.74, 6) is -0.850. The van der Waals surface area contributed by atoms with Crippen molar-refractivity contribution in [3.8, 4) is 17.2 Å². The minimum absolute atomic E-state index is 0.0302. The van der Waals surface area contributed by atoms with Crippen molar-refractivity contribution in [2.45, 2.75) is 6.92 Å². The minimum Gasteiger partial charge on any atom is -0.450 e. The van der Waals surface area contributed by atoms with Gasteiger partial charge in [0.1, 0.15) is 5.58 Å². The molecule has 7 heteroatoms. The molecule has 4 aromatic rings. The number of hydrogen-bond donors (Lipinski definition) is 1. The first-order chi connectivity index (χ1) is 14.9. The van der Waals surface area contributed by atoms with Crippen LogP contribution in [0.4, 0.5) is 5.69 Å². The standard InChI is InChI=1S/C24H14Cl2N2O3/c1-13(29)28-22-19-7-5-16(15-4-2-3-14(9-15)12-27)10-21(19)31-24(22)23(30)18-8-6-17(25)11-20(18)26/h2-11H,1H3,(H,28,29). The van der Waals surface area contributed by atoms with Crippen LogP contribution in [0.2, 0.25) is 10.0 Å². The Balaban J connectivity index is 1.87. The highest BCUT2D eigenvalue weighted by atomic mass is 35.5. The van der Waals surface area contributed by atoms with E-state index in [1.165, 1.54) is 19.1 Å². The van der Waals surface area contributed by atoms with Crippen LogP contribution in [0.3, 0.4) is 0 Å². The predicted molar refractivity (Wildman–Crippen MR) is 121 cm³/mol. The van der Waals surface area contributed by atoms with Crippen molar-refractivity contribution in [1.82, 2.24) is 0 Å². The number of nitrogens with zero attached hydrogens (tertiary/aromatic N) is 1. The third-order valence-corrected chi connectivity index (χ3v) is 5.25. The summed E-state index contributed by atoms with van der Waals surface area (Å²) >= 11 is 12.1. The number of halogens is 2. The molecule has 0 saturated heterocycles. The van der Waals surface area contributed by atoms with E-state index in [9.17, 15) is 9.59 Å². The summed E-state index contributed by atoms with van der Waals surface area (Å²) in [7, 11) is 0. The molecule has 0 bridgehead atoms. The normalized spacial score (nSPS) is 10.6. The van der Waals surface area contributed by atoms with E-state index in [4.69, 9.17) is 32.9 Å². The van der Waals surface area contributed by atoms with Crippen molar-refractivity contribution in [2.24, 2.45) is 0 Å². The van der Waals surface area contributed by atoms with E-state index in [0.29, 0.717) is 21.6 Å². The zero-order valence-corrected chi connectivity index (χ0v) is 17.7. The van der Waals surface area contributed by atoms with Gasteiger partial charge in [-0.1, -0.05) is 41.4 Å². The largest absolute Gasteiger partial charge is 0.450 e. The molecule has 0 aliphatic rings. The van der Waals surface area contributed by atoms with E-state index in [0.717, 1.165) is 11.1 Å². The lowest BCUT2D eigenvalue weighted by Crippen LogP contribution is -2.10. The highest BCUT2D eigenvalue weighted by Gasteiger charge is 2.24. The van der Waals surface area contributed by atoms with E-state index in [1.807, 2.05) is 12.1 Å². The first-order valence-corrected chi connectivity index (χ1v) is 9.97. The molecule has 0 unspecified atom stereocenters. The summed E-state index contributed by atoms with van der Waals surface area (Å²) in [6, 6.07) is 19.2. The second-order valence-electron chi connectivity index (χ2n) is 6.84. The number of carbonyl (C=O) groups is 2. The Kier molecular flexibility index (Phi) is 5.51. The summed E-state index contributed by atoms with van der Waals surface area (Å²) in [6.07, 6.45) is 0. The van der Waals surface area contributed by atoms with Crippen LogP contribution in [0.15, 0.2) is 65.1 Å². The summed E-state index contributed by atoms with van der Waals surface area (Å²) in [5.41, 5.74) is 3.05. The van der Waals surface area contributed by atoms with Gasteiger partial charge in [0.2, 0.25) is 11.7 Å². The molecular weight excluding hydrogens is 435 g/mol. The number of hydrogen-bond acceptors (Lipinski definition) is 4. The predicted octanol–water partition coefficient (Wildman–Crippen LogP) is 6.47. The summed E-state index contributed by atoms with van der Waals surface area (Å²) in [5, 5.41) is 13.0. The van der Waals surface area contributed by atoms with Gasteiger partial charge in [0.25, 0.3) is 0 Å². The van der Waals surface area contributed by atoms with Crippen LogP contribution in [-0.2, 0) is 4.79 Å². The van der Waals surface area contributed by atoms with Gasteiger partial charge in [-0.05, 0) is 53.6 Å². The maximum atomic E-state index is 13.2. The number of amides is 1. The summed E-state index contributed by atoms with van der Waals surface area (Å²) in [4.78, 5) is 25.0. The topological polar surface area (TPSA) is 83.1 Å². The maximum absolute atomic E-state index is 13.2. The van der Waals surface area contributed by atoms with E-state index in [2.05, 4.69) is 11.4 Å². The van der Waals surface area contributed by atoms with E-state index in [1.54, 1.807) is 36.4 Å². The lowest BCUT2D eigenvalue weighted by Gasteiger charge is -2.05. The van der Waals surface area contributed by atoms with Gasteiger partial charge in [0.15, 0.2) is 5.76 Å². The van der Waals surface area contributed by atoms with E-state index >= 15 is 0 Å². The Bertz CT molecular complexity index is 1400. The van der Waals surface area contributed by atoms with Gasteiger partial charge in [0, 0.05) is 22.9 Å². The zero-order chi connectivity index (χ0) is 22.1. The Labute approximate surface area is 187 Å². The van der Waals surface area contributed by atoms with Crippen molar-refractivity contribution in [3.05, 3.63) is 87.6 Å². The van der Waals surface area contributed by atoms with E-state index in [-0.39, 0.29) is 27.9 Å². The van der Waals surface area contributed by atoms with Crippen LogP contribution in [0.5, 0.6) is 0 Å². The van der Waals surface area contributed by atoms with Crippen molar-refractivity contribution < 1.29 is 14.0 Å². The van der Waals surface area contributed by atoms with Gasteiger partial charge in [-0.2, -0.15) is 5.26 Å². The van der Waals surface area contributed by atoms with E-state index < -0.39 is 5.78 Å². The molecule has 0 radical (unpaired) electrons. The molecule has 1 aromatic heterocycles. The Morgan fingerprint density at radius 3 is 2.48 bits per heavy atom. The number of nitrogens with one attached hydrogen (secondary N) is 1. The number of fused-ring (bicyclic) bond motifs is 1. The lowest BCUT2D eigenvalue weighted by atomic mass is 10.0. The van der Waals surface area contributed by atoms with Crippen LogP contribution in [0, 0.1) is 11.3 Å². The molecule has 0 fully saturated rings. The number of nitriles is 1. The molecule has 1 amide bonds. The molecule has 3 aromatic carbocycles. The third kappa shape index (κ3) is 4.04. The van der Waals surface area contributed by atoms with Crippen molar-refractivity contribution in [1.29, 1.82) is 5.26 Å². The average Bonchev–Trinajstić information content (AvgIpc) is 3.10. The van der Waals surface area contributed by atoms with Gasteiger partial charge < -0.3 is 9.73 Å². The summed E-state index contributed by atoms with van der Waals surface area (Å²) < 4.78 is 5.90. The van der Waals surface area contributed by atoms with Crippen LogP contribution < -0.4 is 5.32 Å². The lowest BCUT2D eigenvalue weighted by molar-refractivity contribution is -0.114. The van der Waals surface area contributed by atoms with Crippen molar-refractivity contribution in [2.75, 3.05) is 5.32 Å². The number of anilines is 1. The van der Waals surface area contributed by atoms with Crippen LogP contribution in [-0.4, -0.2) is 11.7 Å². The molecule has 31 heavy (non-hydrogen) atoms. The minimum atomic E-state index is -0.477. The van der Waals surface area contributed by atoms with Gasteiger partial charge in [0.05, 0.1) is 22.3 Å². The smallest absolute Gasteiger partial charge is 0.231 e. The molecule has 0 atom stereocenters. The second-order valence-corrected chi connectivity index (χ2v) is 7.69. The second kappa shape index (κ2) is 8.27. The Morgan fingerprint density at radius 2 is 1.77 bits per heavy atom. The van der Waals surface area contributed by atoms with Gasteiger partial charge in [-0.15, -0.1) is 0 Å². The van der Waals surface area contributed by atoms with Crippen LogP contribution in [0.25, 0.3) is 22.1 Å². The first-order valence-electron chi connectivity index (χ1n) is 9.22. The van der Waals surface area contributed by atoms with Crippen LogP contribution in [0.1, 0.15) is 28.6 Å². The fraction of sp³-hybridized carbons (Fsp3) is 0.0417. The fourth-order valence-corrected chi connectivity index (χ4v) is 3.79. The van der Waals surface area contributed by atoms with Crippen LogP contribution >= 0.6 is 23.2 Å². The molecule has 5 nitrogen and oxygen atoms in total. The van der Waals surface area contributed by atoms with Crippen molar-refractivity contribution in [3.63, 3.8) is 0 Å². The molecule has 4 rings (SSSR count). The number of carbonyl (C=O) groups excluding carboxylic acids is 2. The number of rotatable bonds is 4. The maximum Gasteiger partial charge on any atom is 0.231 e. The van der Waals surface area contributed by atoms with Gasteiger partial charge in [-0.25, -0.2) is 0 Å². The number of ketones is 1. The van der Waals surface area contributed by atoms with Crippen molar-refractivity contribution >= 4 is 51.5 Å². The molecule has 0 saturated carbocycles. The number of benzene rings is 3. The average molecular weight is 449 g/mol. The fourth-order valence-electron chi connectivity index (χ4n) is 3.30.